The summed E-state index contributed by atoms with van der Waals surface area (Å²) in [6, 6.07) is 2.22. The number of likely N-dealkylation sites (tertiary alicyclic amines) is 1. The summed E-state index contributed by atoms with van der Waals surface area (Å²) >= 11 is 0. The van der Waals surface area contributed by atoms with E-state index in [1.54, 1.807) is 6.07 Å². The number of fused-ring (bicyclic) bond motifs is 3. The number of carbonyl (C=O) groups excluding carboxylic acids is 3. The topological polar surface area (TPSA) is 174 Å². The summed E-state index contributed by atoms with van der Waals surface area (Å²) in [6.45, 7) is 3.41. The first-order valence-corrected chi connectivity index (χ1v) is 13.1. The maximum atomic E-state index is 14.0. The third kappa shape index (κ3) is 3.35. The number of morpholine rings is 1. The fourth-order valence-electron chi connectivity index (χ4n) is 7.17. The van der Waals surface area contributed by atoms with Crippen molar-refractivity contribution in [1.29, 1.82) is 0 Å². The number of aliphatic hydroxyl groups excluding tert-OH is 2. The van der Waals surface area contributed by atoms with Gasteiger partial charge in [-0.05, 0) is 62.4 Å². The first-order valence-electron chi connectivity index (χ1n) is 13.1. The van der Waals surface area contributed by atoms with Crippen molar-refractivity contribution in [3.05, 3.63) is 40.2 Å². The Balaban J connectivity index is 1.52. The van der Waals surface area contributed by atoms with E-state index in [-0.39, 0.29) is 29.7 Å². The van der Waals surface area contributed by atoms with Crippen LogP contribution in [0.1, 0.15) is 30.4 Å². The van der Waals surface area contributed by atoms with Crippen LogP contribution < -0.4 is 10.6 Å². The number of aliphatic hydroxyl groups is 3. The molecule has 2 saturated heterocycles. The van der Waals surface area contributed by atoms with Crippen molar-refractivity contribution < 1.29 is 39.5 Å². The molecule has 4 unspecified atom stereocenters. The summed E-state index contributed by atoms with van der Waals surface area (Å²) in [6.07, 6.45) is 2.01. The van der Waals surface area contributed by atoms with Crippen LogP contribution in [0, 0.1) is 11.8 Å². The van der Waals surface area contributed by atoms with Gasteiger partial charge in [-0.25, -0.2) is 0 Å². The van der Waals surface area contributed by atoms with Gasteiger partial charge >= 0.3 is 0 Å². The number of hydrogen-bond donors (Lipinski definition) is 5. The Morgan fingerprint density at radius 3 is 2.39 bits per heavy atom. The van der Waals surface area contributed by atoms with E-state index in [1.165, 1.54) is 6.07 Å². The number of hydrogen-bond acceptors (Lipinski definition) is 10. The van der Waals surface area contributed by atoms with Crippen LogP contribution in [-0.4, -0.2) is 93.8 Å². The van der Waals surface area contributed by atoms with Crippen molar-refractivity contribution in [2.45, 2.75) is 37.3 Å². The van der Waals surface area contributed by atoms with Crippen molar-refractivity contribution in [1.82, 2.24) is 4.90 Å². The predicted octanol–water partition coefficient (Wildman–Crippen LogP) is 0.335. The molecular formula is C27H31N3O8. The van der Waals surface area contributed by atoms with E-state index in [0.29, 0.717) is 45.0 Å². The average molecular weight is 526 g/mol. The summed E-state index contributed by atoms with van der Waals surface area (Å²) in [4.78, 5) is 43.7. The Bertz CT molecular complexity index is 1310. The number of phenols is 1. The smallest absolute Gasteiger partial charge is 0.255 e. The number of nitrogens with zero attached hydrogens (tertiary/aromatic N) is 2. The van der Waals surface area contributed by atoms with Crippen LogP contribution in [0.5, 0.6) is 5.75 Å². The SMILES string of the molecule is NC(=O)C1=C(O)C2(O)C(=O)C3=C(O)c4c(O)ccc(N5CCOCC5)c4CC3CC2C(N2CCCC2)C1=O. The molecule has 0 bridgehead atoms. The number of Topliss-reactive ketones (excluding diaryl/α,β-unsaturated/α-hetero) is 2. The van der Waals surface area contributed by atoms with Gasteiger partial charge < -0.3 is 35.8 Å². The quantitative estimate of drug-likeness (QED) is 0.346. The number of carbonyl (C=O) groups is 3. The van der Waals surface area contributed by atoms with E-state index in [2.05, 4.69) is 4.90 Å². The molecule has 1 aromatic carbocycles. The van der Waals surface area contributed by atoms with Crippen molar-refractivity contribution in [2.24, 2.45) is 17.6 Å². The Labute approximate surface area is 218 Å². The zero-order valence-corrected chi connectivity index (χ0v) is 20.9. The molecule has 0 radical (unpaired) electrons. The minimum absolute atomic E-state index is 0.0995. The minimum Gasteiger partial charge on any atom is -0.508 e. The number of phenolic OH excluding ortho intramolecular Hbond substituents is 1. The molecule has 3 fully saturated rings. The van der Waals surface area contributed by atoms with E-state index >= 15 is 0 Å². The Morgan fingerprint density at radius 2 is 1.74 bits per heavy atom. The van der Waals surface area contributed by atoms with E-state index in [1.807, 2.05) is 4.90 Å². The lowest BCUT2D eigenvalue weighted by Crippen LogP contribution is -2.66. The van der Waals surface area contributed by atoms with Crippen LogP contribution in [-0.2, 0) is 25.5 Å². The van der Waals surface area contributed by atoms with Crippen LogP contribution in [0.2, 0.25) is 0 Å². The van der Waals surface area contributed by atoms with E-state index in [0.717, 1.165) is 18.5 Å². The first-order chi connectivity index (χ1) is 18.2. The lowest BCUT2D eigenvalue weighted by atomic mass is 9.57. The fourth-order valence-corrected chi connectivity index (χ4v) is 7.17. The van der Waals surface area contributed by atoms with Crippen molar-refractivity contribution >= 4 is 28.9 Å². The molecule has 6 N–H and O–H groups in total. The predicted molar refractivity (Wildman–Crippen MR) is 134 cm³/mol. The summed E-state index contributed by atoms with van der Waals surface area (Å²) in [5, 5.41) is 45.0. The van der Waals surface area contributed by atoms with Crippen molar-refractivity contribution in [3.63, 3.8) is 0 Å². The van der Waals surface area contributed by atoms with Gasteiger partial charge in [-0.1, -0.05) is 0 Å². The maximum absolute atomic E-state index is 14.0. The van der Waals surface area contributed by atoms with Crippen molar-refractivity contribution in [2.75, 3.05) is 44.3 Å². The number of anilines is 1. The fraction of sp³-hybridized carbons (Fsp3) is 0.519. The van der Waals surface area contributed by atoms with Gasteiger partial charge in [-0.15, -0.1) is 0 Å². The van der Waals surface area contributed by atoms with Crippen LogP contribution in [0.25, 0.3) is 5.76 Å². The molecule has 0 spiro atoms. The molecule has 0 aromatic heterocycles. The number of benzene rings is 1. The van der Waals surface area contributed by atoms with Gasteiger partial charge in [-0.2, -0.15) is 0 Å². The van der Waals surface area contributed by atoms with Gasteiger partial charge in [0, 0.05) is 30.3 Å². The van der Waals surface area contributed by atoms with Crippen LogP contribution >= 0.6 is 0 Å². The van der Waals surface area contributed by atoms with Gasteiger partial charge in [-0.3, -0.25) is 19.3 Å². The third-order valence-corrected chi connectivity index (χ3v) is 8.91. The molecule has 1 aromatic rings. The normalized spacial score (nSPS) is 31.8. The summed E-state index contributed by atoms with van der Waals surface area (Å²) in [5.74, 6) is -6.27. The molecular weight excluding hydrogens is 494 g/mol. The highest BCUT2D eigenvalue weighted by atomic mass is 16.5. The molecule has 2 aliphatic heterocycles. The molecule has 11 heteroatoms. The van der Waals surface area contributed by atoms with Crippen molar-refractivity contribution in [3.8, 4) is 5.75 Å². The molecule has 6 rings (SSSR count). The average Bonchev–Trinajstić information content (AvgIpc) is 3.41. The lowest BCUT2D eigenvalue weighted by Gasteiger charge is -2.51. The highest BCUT2D eigenvalue weighted by molar-refractivity contribution is 6.24. The van der Waals surface area contributed by atoms with Gasteiger partial charge in [0.1, 0.15) is 22.8 Å². The summed E-state index contributed by atoms with van der Waals surface area (Å²) < 4.78 is 5.47. The van der Waals surface area contributed by atoms with Crippen LogP contribution in [0.15, 0.2) is 29.0 Å². The minimum atomic E-state index is -2.61. The number of nitrogens with two attached hydrogens (primary N) is 1. The standard InChI is InChI=1S/C27H31N3O8/c28-26(36)20-23(33)21(30-5-1-2-6-30)15-12-13-11-14-16(29-7-9-38-10-8-29)3-4-17(31)19(14)22(32)18(13)24(34)27(15,37)25(20)35/h3-4,13,15,21,31-32,35,37H,1-2,5-12H2,(H2,28,36). The molecule has 5 aliphatic rings. The Hall–Kier alpha value is -3.41. The largest absolute Gasteiger partial charge is 0.508 e. The monoisotopic (exact) mass is 525 g/mol. The summed E-state index contributed by atoms with van der Waals surface area (Å²) in [5.41, 5.74) is 3.52. The molecule has 2 heterocycles. The second kappa shape index (κ2) is 8.82. The van der Waals surface area contributed by atoms with Crippen LogP contribution in [0.4, 0.5) is 5.69 Å². The lowest BCUT2D eigenvalue weighted by molar-refractivity contribution is -0.154. The zero-order valence-electron chi connectivity index (χ0n) is 20.9. The highest BCUT2D eigenvalue weighted by Gasteiger charge is 2.64. The Kier molecular flexibility index (Phi) is 5.78. The number of primary amides is 1. The van der Waals surface area contributed by atoms with Gasteiger partial charge in [0.15, 0.2) is 11.4 Å². The molecule has 1 saturated carbocycles. The number of aromatic hydroxyl groups is 1. The molecule has 11 nitrogen and oxygen atoms in total. The third-order valence-electron chi connectivity index (χ3n) is 8.91. The first kappa shape index (κ1) is 24.9. The number of amides is 1. The van der Waals surface area contributed by atoms with Crippen LogP contribution in [0.3, 0.4) is 0 Å². The highest BCUT2D eigenvalue weighted by Crippen LogP contribution is 2.54. The van der Waals surface area contributed by atoms with Gasteiger partial charge in [0.2, 0.25) is 5.78 Å². The molecule has 1 amide bonds. The summed E-state index contributed by atoms with van der Waals surface area (Å²) in [7, 11) is 0. The van der Waals surface area contributed by atoms with Gasteiger partial charge in [0.05, 0.1) is 24.8 Å². The molecule has 4 atom stereocenters. The second-order valence-electron chi connectivity index (χ2n) is 10.8. The zero-order chi connectivity index (χ0) is 26.9. The second-order valence-corrected chi connectivity index (χ2v) is 10.8. The van der Waals surface area contributed by atoms with E-state index in [9.17, 15) is 34.8 Å². The van der Waals surface area contributed by atoms with Gasteiger partial charge in [0.25, 0.3) is 5.91 Å². The molecule has 38 heavy (non-hydrogen) atoms. The van der Waals surface area contributed by atoms with E-state index < -0.39 is 58.0 Å². The number of ether oxygens (including phenoxy) is 1. The number of ketones is 2. The molecule has 3 aliphatic carbocycles. The molecule has 202 valence electrons. The Morgan fingerprint density at radius 1 is 1.05 bits per heavy atom. The van der Waals surface area contributed by atoms with E-state index in [4.69, 9.17) is 10.5 Å². The number of rotatable bonds is 3. The maximum Gasteiger partial charge on any atom is 0.255 e.